The van der Waals surface area contributed by atoms with E-state index in [0.717, 1.165) is 9.14 Å². The zero-order chi connectivity index (χ0) is 28.5. The molecule has 2 amide bonds. The van der Waals surface area contributed by atoms with Crippen LogP contribution in [0.1, 0.15) is 24.3 Å². The van der Waals surface area contributed by atoms with E-state index in [0.29, 0.717) is 23.4 Å². The number of carbonyl (C=O) groups excluding carboxylic acids is 4. The van der Waals surface area contributed by atoms with Crippen LogP contribution in [0.5, 0.6) is 17.2 Å². The molecule has 40 heavy (non-hydrogen) atoms. The molecule has 6 rings (SSSR count). The number of anilines is 1. The van der Waals surface area contributed by atoms with E-state index in [4.69, 9.17) is 9.47 Å². The molecule has 1 N–H and O–H groups in total. The first kappa shape index (κ1) is 26.9. The number of ether oxygens (including phenoxy) is 2. The minimum atomic E-state index is -0.848. The second kappa shape index (κ2) is 9.99. The second-order valence-corrected chi connectivity index (χ2v) is 12.2. The molecule has 3 aliphatic carbocycles. The fraction of sp³-hybridized carbons (Fsp3) is 0.267. The van der Waals surface area contributed by atoms with Gasteiger partial charge in [-0.1, -0.05) is 11.6 Å². The molecule has 1 heterocycles. The van der Waals surface area contributed by atoms with Gasteiger partial charge in [0.1, 0.15) is 17.2 Å². The van der Waals surface area contributed by atoms with Crippen molar-refractivity contribution in [1.82, 2.24) is 0 Å². The standard InChI is InChI=1S/C30H23BrINO7/c1-39-15-9-21(34)27(23(10-15)40-2)26-16-7-8-17-24(18(16)11-19-25(26)22(35)12-20(31)28(19)36)30(38)33(29(17)37)14-5-3-13(32)4-6-14/h3-7,9-10,12,17-18,24,26,34H,8,11H2,1-2H3. The smallest absolute Gasteiger partial charge is 0.238 e. The molecule has 0 radical (unpaired) electrons. The third kappa shape index (κ3) is 3.98. The number of methoxy groups -OCH3 is 2. The fourth-order valence-electron chi connectivity index (χ4n) is 6.55. The predicted molar refractivity (Wildman–Crippen MR) is 157 cm³/mol. The first-order valence-electron chi connectivity index (χ1n) is 12.6. The highest BCUT2D eigenvalue weighted by molar-refractivity contribution is 14.1. The maximum atomic E-state index is 14.0. The number of ketones is 2. The lowest BCUT2D eigenvalue weighted by Gasteiger charge is -2.42. The summed E-state index contributed by atoms with van der Waals surface area (Å²) in [6.07, 6.45) is 3.57. The Kier molecular flexibility index (Phi) is 6.73. The van der Waals surface area contributed by atoms with Gasteiger partial charge in [0.25, 0.3) is 0 Å². The summed E-state index contributed by atoms with van der Waals surface area (Å²) in [5, 5.41) is 11.2. The number of Topliss-reactive ketones (excluding diaryl/α,β-unsaturated/α-hetero) is 1. The van der Waals surface area contributed by atoms with Crippen molar-refractivity contribution in [2.75, 3.05) is 19.1 Å². The Morgan fingerprint density at radius 2 is 1.73 bits per heavy atom. The van der Waals surface area contributed by atoms with E-state index in [2.05, 4.69) is 38.5 Å². The highest BCUT2D eigenvalue weighted by Gasteiger charge is 2.57. The number of halogens is 2. The molecule has 204 valence electrons. The van der Waals surface area contributed by atoms with Crippen LogP contribution < -0.4 is 14.4 Å². The average molecular weight is 716 g/mol. The number of rotatable bonds is 4. The van der Waals surface area contributed by atoms with Gasteiger partial charge in [-0.2, -0.15) is 0 Å². The maximum absolute atomic E-state index is 14.0. The number of amides is 2. The van der Waals surface area contributed by atoms with Gasteiger partial charge in [-0.25, -0.2) is 0 Å². The van der Waals surface area contributed by atoms with E-state index in [9.17, 15) is 24.3 Å². The van der Waals surface area contributed by atoms with E-state index >= 15 is 0 Å². The molecule has 1 aliphatic heterocycles. The Bertz CT molecular complexity index is 1610. The van der Waals surface area contributed by atoms with Gasteiger partial charge in [-0.3, -0.25) is 24.1 Å². The molecule has 8 nitrogen and oxygen atoms in total. The first-order valence-corrected chi connectivity index (χ1v) is 14.5. The van der Waals surface area contributed by atoms with Crippen LogP contribution in [0.25, 0.3) is 0 Å². The van der Waals surface area contributed by atoms with Crippen molar-refractivity contribution in [1.29, 1.82) is 0 Å². The lowest BCUT2D eigenvalue weighted by Crippen LogP contribution is -2.39. The predicted octanol–water partition coefficient (Wildman–Crippen LogP) is 4.98. The summed E-state index contributed by atoms with van der Waals surface area (Å²) < 4.78 is 12.0. The molecule has 2 aromatic carbocycles. The Morgan fingerprint density at radius 3 is 2.40 bits per heavy atom. The number of benzene rings is 2. The molecule has 10 heteroatoms. The minimum absolute atomic E-state index is 0.130. The Hall–Kier alpha value is -3.25. The molecule has 0 aromatic heterocycles. The maximum Gasteiger partial charge on any atom is 0.238 e. The Balaban J connectivity index is 1.53. The molecule has 0 spiro atoms. The summed E-state index contributed by atoms with van der Waals surface area (Å²) in [7, 11) is 2.91. The van der Waals surface area contributed by atoms with Gasteiger partial charge in [0.2, 0.25) is 11.8 Å². The van der Waals surface area contributed by atoms with Crippen molar-refractivity contribution in [2.45, 2.75) is 18.8 Å². The van der Waals surface area contributed by atoms with Crippen LogP contribution in [0.2, 0.25) is 0 Å². The summed E-state index contributed by atoms with van der Waals surface area (Å²) in [5.41, 5.74) is 2.06. The van der Waals surface area contributed by atoms with Crippen LogP contribution in [0.4, 0.5) is 5.69 Å². The number of hydrogen-bond acceptors (Lipinski definition) is 7. The topological polar surface area (TPSA) is 110 Å². The number of carbonyl (C=O) groups is 4. The van der Waals surface area contributed by atoms with Crippen molar-refractivity contribution < 1.29 is 33.8 Å². The van der Waals surface area contributed by atoms with Crippen LogP contribution in [0.3, 0.4) is 0 Å². The van der Waals surface area contributed by atoms with E-state index in [1.165, 1.54) is 31.3 Å². The van der Waals surface area contributed by atoms with Gasteiger partial charge in [0.05, 0.1) is 36.2 Å². The van der Waals surface area contributed by atoms with Crippen LogP contribution in [0, 0.1) is 21.3 Å². The van der Waals surface area contributed by atoms with Crippen LogP contribution in [-0.4, -0.2) is 42.7 Å². The summed E-state index contributed by atoms with van der Waals surface area (Å²) in [4.78, 5) is 55.7. The molecule has 1 saturated heterocycles. The van der Waals surface area contributed by atoms with E-state index < -0.39 is 23.7 Å². The normalized spacial score (nSPS) is 25.8. The van der Waals surface area contributed by atoms with Gasteiger partial charge in [0, 0.05) is 44.4 Å². The lowest BCUT2D eigenvalue weighted by molar-refractivity contribution is -0.123. The van der Waals surface area contributed by atoms with Crippen molar-refractivity contribution in [3.63, 3.8) is 0 Å². The number of imide groups is 1. The lowest BCUT2D eigenvalue weighted by atomic mass is 9.59. The quantitative estimate of drug-likeness (QED) is 0.206. The van der Waals surface area contributed by atoms with Gasteiger partial charge >= 0.3 is 0 Å². The summed E-state index contributed by atoms with van der Waals surface area (Å²) >= 11 is 5.39. The zero-order valence-corrected chi connectivity index (χ0v) is 25.2. The molecular formula is C30H23BrINO7. The largest absolute Gasteiger partial charge is 0.507 e. The summed E-state index contributed by atoms with van der Waals surface area (Å²) in [5.74, 6) is -3.54. The molecule has 4 atom stereocenters. The van der Waals surface area contributed by atoms with Crippen molar-refractivity contribution in [3.8, 4) is 17.2 Å². The third-order valence-electron chi connectivity index (χ3n) is 8.25. The number of aromatic hydroxyl groups is 1. The van der Waals surface area contributed by atoms with Gasteiger partial charge < -0.3 is 14.6 Å². The van der Waals surface area contributed by atoms with E-state index in [1.807, 2.05) is 18.2 Å². The van der Waals surface area contributed by atoms with Crippen molar-refractivity contribution >= 4 is 67.6 Å². The molecule has 0 bridgehead atoms. The first-order chi connectivity index (χ1) is 19.2. The second-order valence-electron chi connectivity index (χ2n) is 10.1. The monoisotopic (exact) mass is 715 g/mol. The third-order valence-corrected chi connectivity index (χ3v) is 9.56. The highest BCUT2D eigenvalue weighted by Crippen LogP contribution is 2.58. The highest BCUT2D eigenvalue weighted by atomic mass is 127. The van der Waals surface area contributed by atoms with Gasteiger partial charge in [-0.05, 0) is 81.5 Å². The number of phenolic OH excluding ortho intramolecular Hbond substituents is 1. The summed E-state index contributed by atoms with van der Waals surface area (Å²) in [6.45, 7) is 0. The molecule has 4 unspecified atom stereocenters. The number of hydrogen-bond donors (Lipinski definition) is 1. The minimum Gasteiger partial charge on any atom is -0.507 e. The van der Waals surface area contributed by atoms with E-state index in [1.54, 1.807) is 18.2 Å². The number of allylic oxidation sites excluding steroid dienone is 6. The number of nitrogens with zero attached hydrogens (tertiary/aromatic N) is 1. The molecular weight excluding hydrogens is 693 g/mol. The van der Waals surface area contributed by atoms with Gasteiger partial charge in [-0.15, -0.1) is 0 Å². The number of fused-ring (bicyclic) bond motifs is 3. The Labute approximate surface area is 252 Å². The van der Waals surface area contributed by atoms with Crippen LogP contribution >= 0.6 is 38.5 Å². The molecule has 2 aromatic rings. The van der Waals surface area contributed by atoms with E-state index in [-0.39, 0.29) is 56.9 Å². The SMILES string of the molecule is COc1cc(O)c(C2C3=CCC4C(=O)N(c5ccc(I)cc5)C(=O)C4C3CC3=C2C(=O)C=C(Br)C3=O)c(OC)c1. The molecule has 1 fully saturated rings. The van der Waals surface area contributed by atoms with Gasteiger partial charge in [0.15, 0.2) is 11.6 Å². The molecule has 4 aliphatic rings. The van der Waals surface area contributed by atoms with Crippen molar-refractivity contribution in [2.24, 2.45) is 17.8 Å². The van der Waals surface area contributed by atoms with Crippen molar-refractivity contribution in [3.05, 3.63) is 78.9 Å². The Morgan fingerprint density at radius 1 is 1.00 bits per heavy atom. The number of phenols is 1. The van der Waals surface area contributed by atoms with Crippen LogP contribution in [-0.2, 0) is 19.2 Å². The molecule has 0 saturated carbocycles. The van der Waals surface area contributed by atoms with Crippen LogP contribution in [0.15, 0.2) is 69.8 Å². The summed E-state index contributed by atoms with van der Waals surface area (Å²) in [6, 6.07) is 10.2. The average Bonchev–Trinajstić information content (AvgIpc) is 3.20. The fourth-order valence-corrected chi connectivity index (χ4v) is 7.35. The zero-order valence-electron chi connectivity index (χ0n) is 21.4.